The minimum absolute atomic E-state index is 0.153. The van der Waals surface area contributed by atoms with Crippen molar-refractivity contribution in [3.8, 4) is 5.75 Å². The summed E-state index contributed by atoms with van der Waals surface area (Å²) in [6.45, 7) is 5.24. The predicted octanol–water partition coefficient (Wildman–Crippen LogP) is 4.87. The van der Waals surface area contributed by atoms with E-state index in [1.54, 1.807) is 38.1 Å². The monoisotopic (exact) mass is 366 g/mol. The van der Waals surface area contributed by atoms with Crippen LogP contribution in [0.25, 0.3) is 0 Å². The number of hydrogen-bond donors (Lipinski definition) is 1. The van der Waals surface area contributed by atoms with E-state index >= 15 is 0 Å². The fraction of sp³-hybridized carbons (Fsp3) is 0.391. The first-order valence-electron chi connectivity index (χ1n) is 9.35. The summed E-state index contributed by atoms with van der Waals surface area (Å²) in [6.07, 6.45) is 1.93. The molecule has 0 aliphatic heterocycles. The Morgan fingerprint density at radius 3 is 2.19 bits per heavy atom. The fourth-order valence-electron chi connectivity index (χ4n) is 3.57. The zero-order chi connectivity index (χ0) is 19.7. The van der Waals surface area contributed by atoms with Gasteiger partial charge in [-0.2, -0.15) is 0 Å². The van der Waals surface area contributed by atoms with Crippen LogP contribution in [-0.4, -0.2) is 23.0 Å². The Balaban J connectivity index is 1.67. The van der Waals surface area contributed by atoms with Gasteiger partial charge in [0.05, 0.1) is 16.9 Å². The Bertz CT molecular complexity index is 817. The molecule has 27 heavy (non-hydrogen) atoms. The van der Waals surface area contributed by atoms with Crippen molar-refractivity contribution in [1.29, 1.82) is 0 Å². The lowest BCUT2D eigenvalue weighted by Crippen LogP contribution is -2.30. The summed E-state index contributed by atoms with van der Waals surface area (Å²) >= 11 is 0. The molecule has 2 aromatic rings. The summed E-state index contributed by atoms with van der Waals surface area (Å²) in [6, 6.07) is 17.1. The highest BCUT2D eigenvalue weighted by atomic mass is 16.5. The average Bonchev–Trinajstić information content (AvgIpc) is 3.44. The third kappa shape index (κ3) is 4.05. The molecule has 0 spiro atoms. The van der Waals surface area contributed by atoms with Gasteiger partial charge < -0.3 is 9.84 Å². The zero-order valence-corrected chi connectivity index (χ0v) is 16.1. The van der Waals surface area contributed by atoms with E-state index in [-0.39, 0.29) is 17.3 Å². The van der Waals surface area contributed by atoms with Gasteiger partial charge in [0, 0.05) is 5.56 Å². The number of carbonyl (C=O) groups is 2. The Kier molecular flexibility index (Phi) is 5.09. The van der Waals surface area contributed by atoms with E-state index in [0.717, 1.165) is 18.4 Å². The maximum atomic E-state index is 13.0. The molecule has 0 bridgehead atoms. The van der Waals surface area contributed by atoms with E-state index in [4.69, 9.17) is 4.74 Å². The van der Waals surface area contributed by atoms with Crippen LogP contribution in [-0.2, 0) is 10.2 Å². The van der Waals surface area contributed by atoms with E-state index in [2.05, 4.69) is 0 Å². The molecule has 1 fully saturated rings. The molecule has 0 amide bonds. The van der Waals surface area contributed by atoms with Crippen LogP contribution in [0.15, 0.2) is 54.6 Å². The summed E-state index contributed by atoms with van der Waals surface area (Å²) in [4.78, 5) is 24.3. The number of aliphatic carboxylic acids is 1. The number of carboxylic acid groups (broad SMARTS) is 1. The topological polar surface area (TPSA) is 63.6 Å². The zero-order valence-electron chi connectivity index (χ0n) is 16.1. The van der Waals surface area contributed by atoms with Crippen molar-refractivity contribution in [3.05, 3.63) is 65.7 Å². The first kappa shape index (κ1) is 19.2. The molecule has 0 heterocycles. The van der Waals surface area contributed by atoms with Crippen molar-refractivity contribution in [1.82, 2.24) is 0 Å². The van der Waals surface area contributed by atoms with Crippen molar-refractivity contribution >= 4 is 11.8 Å². The molecule has 0 radical (unpaired) electrons. The molecular formula is C23H26O4. The van der Waals surface area contributed by atoms with Gasteiger partial charge in [-0.25, -0.2) is 0 Å². The molecule has 4 heteroatoms. The van der Waals surface area contributed by atoms with E-state index in [1.807, 2.05) is 37.3 Å². The lowest BCUT2D eigenvalue weighted by molar-refractivity contribution is -0.148. The van der Waals surface area contributed by atoms with Gasteiger partial charge in [-0.1, -0.05) is 30.3 Å². The van der Waals surface area contributed by atoms with Crippen molar-refractivity contribution < 1.29 is 19.4 Å². The predicted molar refractivity (Wildman–Crippen MR) is 104 cm³/mol. The number of hydrogen-bond acceptors (Lipinski definition) is 3. The van der Waals surface area contributed by atoms with Crippen LogP contribution in [0.5, 0.6) is 5.75 Å². The highest BCUT2D eigenvalue weighted by Crippen LogP contribution is 2.50. The molecule has 1 aliphatic rings. The summed E-state index contributed by atoms with van der Waals surface area (Å²) in [5.41, 5.74) is 0.549. The molecule has 1 atom stereocenters. The van der Waals surface area contributed by atoms with Gasteiger partial charge in [-0.3, -0.25) is 9.59 Å². The third-order valence-electron chi connectivity index (χ3n) is 5.34. The summed E-state index contributed by atoms with van der Waals surface area (Å²) in [5.74, 6) is -0.0420. The number of rotatable bonds is 8. The third-order valence-corrected chi connectivity index (χ3v) is 5.34. The average molecular weight is 366 g/mol. The van der Waals surface area contributed by atoms with Gasteiger partial charge in [0.1, 0.15) is 5.75 Å². The van der Waals surface area contributed by atoms with Crippen LogP contribution in [0.1, 0.15) is 56.0 Å². The summed E-state index contributed by atoms with van der Waals surface area (Å²) < 4.78 is 5.85. The highest BCUT2D eigenvalue weighted by Gasteiger charge is 2.51. The van der Waals surface area contributed by atoms with Gasteiger partial charge in [0.2, 0.25) is 0 Å². The number of ether oxygens (including phenoxy) is 1. The molecule has 4 nitrogen and oxygen atoms in total. The molecule has 0 aromatic heterocycles. The van der Waals surface area contributed by atoms with E-state index in [9.17, 15) is 14.7 Å². The van der Waals surface area contributed by atoms with Gasteiger partial charge >= 0.3 is 5.97 Å². The van der Waals surface area contributed by atoms with Gasteiger partial charge in [0.15, 0.2) is 5.78 Å². The molecular weight excluding hydrogens is 340 g/mol. The molecule has 0 saturated heterocycles. The second kappa shape index (κ2) is 7.18. The summed E-state index contributed by atoms with van der Waals surface area (Å²) in [5, 5.41) is 9.24. The molecule has 1 aliphatic carbocycles. The van der Waals surface area contributed by atoms with Gasteiger partial charge in [0.25, 0.3) is 0 Å². The number of Topliss-reactive ketones (excluding diaryl/α,β-unsaturated/α-hetero) is 1. The largest absolute Gasteiger partial charge is 0.491 e. The normalized spacial score (nSPS) is 16.4. The second-order valence-corrected chi connectivity index (χ2v) is 8.12. The first-order valence-corrected chi connectivity index (χ1v) is 9.35. The van der Waals surface area contributed by atoms with Crippen LogP contribution < -0.4 is 4.74 Å². The Hall–Kier alpha value is -2.62. The van der Waals surface area contributed by atoms with Crippen molar-refractivity contribution in [2.45, 2.75) is 51.6 Å². The van der Waals surface area contributed by atoms with E-state index in [1.165, 1.54) is 0 Å². The molecule has 1 unspecified atom stereocenters. The maximum Gasteiger partial charge on any atom is 0.309 e. The number of ketones is 1. The molecule has 2 aromatic carbocycles. The Labute approximate surface area is 160 Å². The second-order valence-electron chi connectivity index (χ2n) is 8.12. The van der Waals surface area contributed by atoms with E-state index in [0.29, 0.717) is 17.7 Å². The molecule has 1 saturated carbocycles. The van der Waals surface area contributed by atoms with Crippen molar-refractivity contribution in [2.24, 2.45) is 5.41 Å². The SMILES string of the molecule is CC(CC(C)(C)C(=O)O)Oc1ccc(C(=O)C2(c3ccccc3)CC2)cc1. The lowest BCUT2D eigenvalue weighted by Gasteiger charge is -2.24. The van der Waals surface area contributed by atoms with E-state index < -0.39 is 11.4 Å². The van der Waals surface area contributed by atoms with Crippen LogP contribution in [0.3, 0.4) is 0 Å². The molecule has 3 rings (SSSR count). The standard InChI is InChI=1S/C23H26O4/c1-16(15-22(2,3)21(25)26)27-19-11-9-17(10-12-19)20(24)23(13-14-23)18-7-5-4-6-8-18/h4-12,16H,13-15H2,1-3H3,(H,25,26). The van der Waals surface area contributed by atoms with Gasteiger partial charge in [-0.15, -0.1) is 0 Å². The maximum absolute atomic E-state index is 13.0. The van der Waals surface area contributed by atoms with Crippen molar-refractivity contribution in [2.75, 3.05) is 0 Å². The first-order chi connectivity index (χ1) is 12.7. The van der Waals surface area contributed by atoms with Crippen LogP contribution in [0.2, 0.25) is 0 Å². The summed E-state index contributed by atoms with van der Waals surface area (Å²) in [7, 11) is 0. The minimum Gasteiger partial charge on any atom is -0.491 e. The molecule has 1 N–H and O–H groups in total. The van der Waals surface area contributed by atoms with Crippen LogP contribution in [0, 0.1) is 5.41 Å². The van der Waals surface area contributed by atoms with Crippen LogP contribution >= 0.6 is 0 Å². The van der Waals surface area contributed by atoms with Gasteiger partial charge in [-0.05, 0) is 69.9 Å². The lowest BCUT2D eigenvalue weighted by atomic mass is 9.87. The fourth-order valence-corrected chi connectivity index (χ4v) is 3.57. The molecule has 142 valence electrons. The number of carbonyl (C=O) groups excluding carboxylic acids is 1. The quantitative estimate of drug-likeness (QED) is 0.677. The Morgan fingerprint density at radius 1 is 1.07 bits per heavy atom. The minimum atomic E-state index is -0.844. The number of benzene rings is 2. The van der Waals surface area contributed by atoms with Crippen molar-refractivity contribution in [3.63, 3.8) is 0 Å². The highest BCUT2D eigenvalue weighted by molar-refractivity contribution is 6.06. The smallest absolute Gasteiger partial charge is 0.309 e. The van der Waals surface area contributed by atoms with Crippen LogP contribution in [0.4, 0.5) is 0 Å². The Morgan fingerprint density at radius 2 is 1.67 bits per heavy atom. The number of carboxylic acids is 1.